The zero-order chi connectivity index (χ0) is 21.6. The molecule has 31 heavy (non-hydrogen) atoms. The number of carbonyl (C=O) groups is 1. The number of carbonyl (C=O) groups excluding carboxylic acids is 1. The van der Waals surface area contributed by atoms with Crippen molar-refractivity contribution in [1.82, 2.24) is 15.1 Å². The average Bonchev–Trinajstić information content (AvgIpc) is 3.20. The predicted molar refractivity (Wildman–Crippen MR) is 126 cm³/mol. The highest BCUT2D eigenvalue weighted by Crippen LogP contribution is 2.40. The van der Waals surface area contributed by atoms with Crippen LogP contribution in [0, 0.1) is 0 Å². The molecule has 6 heteroatoms. The molecule has 3 aromatic rings. The molecule has 0 bridgehead atoms. The van der Waals surface area contributed by atoms with Gasteiger partial charge in [-0.2, -0.15) is 5.10 Å². The maximum atomic E-state index is 12.3. The number of aromatic nitrogens is 2. The summed E-state index contributed by atoms with van der Waals surface area (Å²) in [4.78, 5) is 19.0. The van der Waals surface area contributed by atoms with Gasteiger partial charge < -0.3 is 9.80 Å². The number of rotatable bonds is 4. The quantitative estimate of drug-likeness (QED) is 0.705. The van der Waals surface area contributed by atoms with Crippen molar-refractivity contribution in [2.75, 3.05) is 49.6 Å². The number of hydrogen-bond acceptors (Lipinski definition) is 4. The van der Waals surface area contributed by atoms with Crippen LogP contribution >= 0.6 is 0 Å². The lowest BCUT2D eigenvalue weighted by Crippen LogP contribution is -2.47. The summed E-state index contributed by atoms with van der Waals surface area (Å²) in [5, 5.41) is 8.91. The molecule has 1 amide bonds. The number of piperazine rings is 1. The third-order valence-electron chi connectivity index (χ3n) is 6.96. The summed E-state index contributed by atoms with van der Waals surface area (Å²) >= 11 is 0. The number of aromatic amines is 1. The third-order valence-corrected chi connectivity index (χ3v) is 6.96. The van der Waals surface area contributed by atoms with Crippen LogP contribution in [0.4, 0.5) is 11.5 Å². The van der Waals surface area contributed by atoms with E-state index in [1.165, 1.54) is 16.5 Å². The van der Waals surface area contributed by atoms with E-state index in [-0.39, 0.29) is 11.3 Å². The Hall–Kier alpha value is -2.86. The number of H-pyrrole nitrogens is 1. The van der Waals surface area contributed by atoms with Gasteiger partial charge in [-0.05, 0) is 35.7 Å². The summed E-state index contributed by atoms with van der Waals surface area (Å²) in [7, 11) is 1.89. The molecule has 1 saturated heterocycles. The maximum Gasteiger partial charge on any atom is 0.227 e. The Morgan fingerprint density at radius 1 is 1.06 bits per heavy atom. The molecule has 2 aliphatic heterocycles. The van der Waals surface area contributed by atoms with Crippen molar-refractivity contribution >= 4 is 28.3 Å². The molecule has 162 valence electrons. The Bertz CT molecular complexity index is 1110. The van der Waals surface area contributed by atoms with Gasteiger partial charge in [0.25, 0.3) is 0 Å². The maximum absolute atomic E-state index is 12.3. The number of fused-ring (bicyclic) bond motifs is 2. The Labute approximate surface area is 183 Å². The van der Waals surface area contributed by atoms with Gasteiger partial charge in [0, 0.05) is 62.7 Å². The van der Waals surface area contributed by atoms with Crippen molar-refractivity contribution in [3.63, 3.8) is 0 Å². The molecule has 1 fully saturated rings. The van der Waals surface area contributed by atoms with Crippen LogP contribution < -0.4 is 9.80 Å². The van der Waals surface area contributed by atoms with E-state index in [2.05, 4.69) is 70.2 Å². The van der Waals surface area contributed by atoms with Gasteiger partial charge in [-0.3, -0.25) is 14.8 Å². The zero-order valence-electron chi connectivity index (χ0n) is 18.7. The van der Waals surface area contributed by atoms with E-state index >= 15 is 0 Å². The second-order valence-electron chi connectivity index (χ2n) is 9.54. The van der Waals surface area contributed by atoms with Gasteiger partial charge in [-0.15, -0.1) is 0 Å². The van der Waals surface area contributed by atoms with Gasteiger partial charge in [0.05, 0.1) is 5.52 Å². The number of benzene rings is 2. The first kappa shape index (κ1) is 20.1. The fourth-order valence-corrected chi connectivity index (χ4v) is 4.96. The van der Waals surface area contributed by atoms with Gasteiger partial charge in [0.15, 0.2) is 5.82 Å². The van der Waals surface area contributed by atoms with E-state index in [0.29, 0.717) is 6.42 Å². The van der Waals surface area contributed by atoms with Crippen molar-refractivity contribution in [2.24, 2.45) is 0 Å². The SMILES string of the molecule is CN1C(=O)CC(C)(C)c2cc(CCN3CCN(c4n[nH]c5ccccc45)CC3)ccc21. The van der Waals surface area contributed by atoms with Gasteiger partial charge >= 0.3 is 0 Å². The van der Waals surface area contributed by atoms with E-state index in [1.807, 2.05) is 18.0 Å². The van der Waals surface area contributed by atoms with Crippen molar-refractivity contribution in [1.29, 1.82) is 0 Å². The Kier molecular flexibility index (Phi) is 4.97. The smallest absolute Gasteiger partial charge is 0.227 e. The van der Waals surface area contributed by atoms with Crippen LogP contribution in [0.2, 0.25) is 0 Å². The molecule has 6 nitrogen and oxygen atoms in total. The summed E-state index contributed by atoms with van der Waals surface area (Å²) in [6.45, 7) is 9.52. The van der Waals surface area contributed by atoms with Crippen LogP contribution in [0.25, 0.3) is 10.9 Å². The molecule has 0 spiro atoms. The van der Waals surface area contributed by atoms with Crippen LogP contribution in [0.15, 0.2) is 42.5 Å². The normalized spacial score (nSPS) is 19.1. The molecule has 3 heterocycles. The monoisotopic (exact) mass is 417 g/mol. The fraction of sp³-hybridized carbons (Fsp3) is 0.440. The molecule has 5 rings (SSSR count). The lowest BCUT2D eigenvalue weighted by atomic mass is 9.76. The number of anilines is 2. The summed E-state index contributed by atoms with van der Waals surface area (Å²) in [5.74, 6) is 1.28. The van der Waals surface area contributed by atoms with E-state index in [4.69, 9.17) is 0 Å². The molecule has 0 aliphatic carbocycles. The number of nitrogens with one attached hydrogen (secondary N) is 1. The van der Waals surface area contributed by atoms with Crippen LogP contribution in [-0.2, 0) is 16.6 Å². The minimum absolute atomic E-state index is 0.104. The predicted octanol–water partition coefficient (Wildman–Crippen LogP) is 3.57. The third kappa shape index (κ3) is 3.69. The summed E-state index contributed by atoms with van der Waals surface area (Å²) in [6, 6.07) is 15.0. The fourth-order valence-electron chi connectivity index (χ4n) is 4.96. The summed E-state index contributed by atoms with van der Waals surface area (Å²) < 4.78 is 0. The lowest BCUT2D eigenvalue weighted by Gasteiger charge is -2.37. The van der Waals surface area contributed by atoms with E-state index in [1.54, 1.807) is 0 Å². The topological polar surface area (TPSA) is 55.5 Å². The van der Waals surface area contributed by atoms with E-state index < -0.39 is 0 Å². The largest absolute Gasteiger partial charge is 0.352 e. The zero-order valence-corrected chi connectivity index (χ0v) is 18.7. The lowest BCUT2D eigenvalue weighted by molar-refractivity contribution is -0.119. The van der Waals surface area contributed by atoms with Crippen molar-refractivity contribution < 1.29 is 4.79 Å². The van der Waals surface area contributed by atoms with Crippen LogP contribution in [0.5, 0.6) is 0 Å². The first-order chi connectivity index (χ1) is 14.9. The summed E-state index contributed by atoms with van der Waals surface area (Å²) in [5.41, 5.74) is 4.71. The Balaban J connectivity index is 1.22. The van der Waals surface area contributed by atoms with Crippen LogP contribution in [0.3, 0.4) is 0 Å². The standard InChI is InChI=1S/C25H31N5O/c1-25(2)17-23(31)28(3)22-9-8-18(16-20(22)25)10-11-29-12-14-30(15-13-29)24-19-6-4-5-7-21(19)26-27-24/h4-9,16H,10-15,17H2,1-3H3,(H,26,27). The second-order valence-corrected chi connectivity index (χ2v) is 9.54. The average molecular weight is 418 g/mol. The van der Waals surface area contributed by atoms with Gasteiger partial charge in [-0.1, -0.05) is 38.1 Å². The van der Waals surface area contributed by atoms with Gasteiger partial charge in [0.1, 0.15) is 0 Å². The van der Waals surface area contributed by atoms with Crippen LogP contribution in [-0.4, -0.2) is 60.8 Å². The van der Waals surface area contributed by atoms with E-state index in [9.17, 15) is 4.79 Å². The van der Waals surface area contributed by atoms with E-state index in [0.717, 1.165) is 56.2 Å². The number of nitrogens with zero attached hydrogens (tertiary/aromatic N) is 4. The second kappa shape index (κ2) is 7.68. The first-order valence-corrected chi connectivity index (χ1v) is 11.2. The highest BCUT2D eigenvalue weighted by molar-refractivity contribution is 5.97. The van der Waals surface area contributed by atoms with Gasteiger partial charge in [-0.25, -0.2) is 0 Å². The molecule has 1 aromatic heterocycles. The molecule has 1 N–H and O–H groups in total. The van der Waals surface area contributed by atoms with Crippen LogP contribution in [0.1, 0.15) is 31.4 Å². The number of amides is 1. The van der Waals surface area contributed by atoms with Crippen molar-refractivity contribution in [3.05, 3.63) is 53.6 Å². The molecule has 0 atom stereocenters. The minimum atomic E-state index is -0.104. The summed E-state index contributed by atoms with van der Waals surface area (Å²) in [6.07, 6.45) is 1.61. The van der Waals surface area contributed by atoms with Gasteiger partial charge in [0.2, 0.25) is 5.91 Å². The number of hydrogen-bond donors (Lipinski definition) is 1. The Morgan fingerprint density at radius 3 is 2.65 bits per heavy atom. The first-order valence-electron chi connectivity index (χ1n) is 11.2. The minimum Gasteiger partial charge on any atom is -0.352 e. The number of para-hydroxylation sites is 1. The molecular formula is C25H31N5O. The highest BCUT2D eigenvalue weighted by atomic mass is 16.2. The van der Waals surface area contributed by atoms with Crippen molar-refractivity contribution in [3.8, 4) is 0 Å². The molecule has 2 aromatic carbocycles. The molecule has 0 saturated carbocycles. The molecule has 2 aliphatic rings. The molecule has 0 radical (unpaired) electrons. The Morgan fingerprint density at radius 2 is 1.84 bits per heavy atom. The van der Waals surface area contributed by atoms with Crippen molar-refractivity contribution in [2.45, 2.75) is 32.1 Å². The molecular weight excluding hydrogens is 386 g/mol. The highest BCUT2D eigenvalue weighted by Gasteiger charge is 2.35. The molecule has 0 unspecified atom stereocenters.